The predicted octanol–water partition coefficient (Wildman–Crippen LogP) is 3.74. The highest BCUT2D eigenvalue weighted by Crippen LogP contribution is 2.26. The number of rotatable bonds is 2. The molecule has 2 N–H and O–H groups in total. The molecule has 0 aromatic heterocycles. The molecule has 3 rings (SSSR count). The third kappa shape index (κ3) is 2.75. The lowest BCUT2D eigenvalue weighted by atomic mass is 9.97. The molecule has 4 heteroatoms. The molecule has 0 bridgehead atoms. The molecule has 108 valence electrons. The minimum atomic E-state index is -0.299. The maximum absolute atomic E-state index is 13.1. The maximum atomic E-state index is 13.1. The van der Waals surface area contributed by atoms with Crippen LogP contribution in [0.2, 0.25) is 0 Å². The summed E-state index contributed by atoms with van der Waals surface area (Å²) in [5.41, 5.74) is 4.13. The van der Waals surface area contributed by atoms with Crippen LogP contribution in [0.1, 0.15) is 27.9 Å². The lowest BCUT2D eigenvalue weighted by molar-refractivity contribution is 0.102. The van der Waals surface area contributed by atoms with E-state index in [0.29, 0.717) is 16.8 Å². The number of halogens is 1. The molecular formula is C17H17FN2O. The van der Waals surface area contributed by atoms with Crippen LogP contribution in [-0.4, -0.2) is 12.5 Å². The van der Waals surface area contributed by atoms with Crippen LogP contribution < -0.4 is 10.6 Å². The molecule has 0 unspecified atom stereocenters. The predicted molar refractivity (Wildman–Crippen MR) is 82.3 cm³/mol. The molecule has 0 radical (unpaired) electrons. The second-order valence-corrected chi connectivity index (χ2v) is 5.28. The Morgan fingerprint density at radius 3 is 2.95 bits per heavy atom. The first-order valence-electron chi connectivity index (χ1n) is 7.08. The molecular weight excluding hydrogens is 267 g/mol. The summed E-state index contributed by atoms with van der Waals surface area (Å²) < 4.78 is 13.1. The molecule has 0 spiro atoms. The number of fused-ring (bicyclic) bond motifs is 1. The van der Waals surface area contributed by atoms with E-state index in [1.54, 1.807) is 13.0 Å². The zero-order chi connectivity index (χ0) is 14.8. The van der Waals surface area contributed by atoms with Crippen LogP contribution in [0.25, 0.3) is 0 Å². The first-order valence-corrected chi connectivity index (χ1v) is 7.08. The smallest absolute Gasteiger partial charge is 0.256 e. The molecule has 2 aromatic carbocycles. The van der Waals surface area contributed by atoms with Crippen LogP contribution in [0.15, 0.2) is 36.4 Å². The van der Waals surface area contributed by atoms with Crippen molar-refractivity contribution in [2.45, 2.75) is 19.8 Å². The van der Waals surface area contributed by atoms with Gasteiger partial charge in [-0.3, -0.25) is 4.79 Å². The van der Waals surface area contributed by atoms with E-state index in [4.69, 9.17) is 0 Å². The van der Waals surface area contributed by atoms with Crippen LogP contribution in [0.4, 0.5) is 15.8 Å². The minimum absolute atomic E-state index is 0.148. The standard InChI is InChI=1S/C17H17FN2O/c1-11-10-12(18)7-8-15(11)20-17(21)14-4-2-6-16-13(14)5-3-9-19-16/h2,4,6-8,10,19H,3,5,9H2,1H3,(H,20,21). The van der Waals surface area contributed by atoms with E-state index < -0.39 is 0 Å². The quantitative estimate of drug-likeness (QED) is 0.882. The van der Waals surface area contributed by atoms with Crippen LogP contribution in [-0.2, 0) is 6.42 Å². The SMILES string of the molecule is Cc1cc(F)ccc1NC(=O)c1cccc2c1CCCN2. The van der Waals surface area contributed by atoms with Crippen LogP contribution in [0.3, 0.4) is 0 Å². The van der Waals surface area contributed by atoms with Gasteiger partial charge in [0.25, 0.3) is 5.91 Å². The Labute approximate surface area is 123 Å². The van der Waals surface area contributed by atoms with E-state index in [9.17, 15) is 9.18 Å². The number of anilines is 2. The van der Waals surface area contributed by atoms with Crippen molar-refractivity contribution in [2.24, 2.45) is 0 Å². The molecule has 3 nitrogen and oxygen atoms in total. The van der Waals surface area contributed by atoms with Gasteiger partial charge in [-0.05, 0) is 61.2 Å². The third-order valence-corrected chi connectivity index (χ3v) is 3.78. The van der Waals surface area contributed by atoms with Gasteiger partial charge in [0.2, 0.25) is 0 Å². The molecule has 0 saturated carbocycles. The van der Waals surface area contributed by atoms with Crippen molar-refractivity contribution in [2.75, 3.05) is 17.2 Å². The largest absolute Gasteiger partial charge is 0.385 e. The molecule has 2 aromatic rings. The van der Waals surface area contributed by atoms with Gasteiger partial charge in [-0.25, -0.2) is 4.39 Å². The summed E-state index contributed by atoms with van der Waals surface area (Å²) in [6.45, 7) is 2.72. The Bertz CT molecular complexity index is 697. The second-order valence-electron chi connectivity index (χ2n) is 5.28. The Hall–Kier alpha value is -2.36. The van der Waals surface area contributed by atoms with Crippen molar-refractivity contribution in [1.29, 1.82) is 0 Å². The summed E-state index contributed by atoms with van der Waals surface area (Å²) >= 11 is 0. The summed E-state index contributed by atoms with van der Waals surface area (Å²) in [6, 6.07) is 10.1. The molecule has 1 amide bonds. The van der Waals surface area contributed by atoms with Gasteiger partial charge in [0.15, 0.2) is 0 Å². The van der Waals surface area contributed by atoms with E-state index in [2.05, 4.69) is 10.6 Å². The second kappa shape index (κ2) is 5.56. The van der Waals surface area contributed by atoms with Gasteiger partial charge in [-0.15, -0.1) is 0 Å². The number of aryl methyl sites for hydroxylation is 1. The van der Waals surface area contributed by atoms with Gasteiger partial charge in [0.1, 0.15) is 5.82 Å². The lowest BCUT2D eigenvalue weighted by Gasteiger charge is -2.20. The molecule has 1 heterocycles. The van der Waals surface area contributed by atoms with Gasteiger partial charge in [0, 0.05) is 23.5 Å². The average Bonchev–Trinajstić information content (AvgIpc) is 2.49. The van der Waals surface area contributed by atoms with E-state index in [-0.39, 0.29) is 11.7 Å². The maximum Gasteiger partial charge on any atom is 0.256 e. The molecule has 1 aliphatic heterocycles. The number of carbonyl (C=O) groups is 1. The topological polar surface area (TPSA) is 41.1 Å². The van der Waals surface area contributed by atoms with Crippen LogP contribution in [0.5, 0.6) is 0 Å². The first-order chi connectivity index (χ1) is 10.1. The highest BCUT2D eigenvalue weighted by Gasteiger charge is 2.17. The van der Waals surface area contributed by atoms with Crippen LogP contribution >= 0.6 is 0 Å². The van der Waals surface area contributed by atoms with E-state index in [0.717, 1.165) is 30.6 Å². The fraction of sp³-hybridized carbons (Fsp3) is 0.235. The van der Waals surface area contributed by atoms with Gasteiger partial charge in [0.05, 0.1) is 0 Å². The summed E-state index contributed by atoms with van der Waals surface area (Å²) in [6.07, 6.45) is 1.92. The first kappa shape index (κ1) is 13.6. The van der Waals surface area contributed by atoms with Crippen LogP contribution in [0, 0.1) is 12.7 Å². The summed E-state index contributed by atoms with van der Waals surface area (Å²) in [5.74, 6) is -0.447. The van der Waals surface area contributed by atoms with E-state index in [1.807, 2.05) is 18.2 Å². The Balaban J connectivity index is 1.89. The average molecular weight is 284 g/mol. The van der Waals surface area contributed by atoms with Gasteiger partial charge in [-0.2, -0.15) is 0 Å². The number of benzene rings is 2. The van der Waals surface area contributed by atoms with Gasteiger partial charge in [-0.1, -0.05) is 6.07 Å². The number of hydrogen-bond acceptors (Lipinski definition) is 2. The summed E-state index contributed by atoms with van der Waals surface area (Å²) in [5, 5.41) is 6.18. The molecule has 21 heavy (non-hydrogen) atoms. The van der Waals surface area contributed by atoms with E-state index in [1.165, 1.54) is 12.1 Å². The van der Waals surface area contributed by atoms with Crippen molar-refractivity contribution in [3.63, 3.8) is 0 Å². The van der Waals surface area contributed by atoms with Crippen molar-refractivity contribution < 1.29 is 9.18 Å². The Morgan fingerprint density at radius 2 is 2.14 bits per heavy atom. The highest BCUT2D eigenvalue weighted by molar-refractivity contribution is 6.06. The summed E-state index contributed by atoms with van der Waals surface area (Å²) in [4.78, 5) is 12.5. The highest BCUT2D eigenvalue weighted by atomic mass is 19.1. The molecule has 1 aliphatic rings. The number of nitrogens with one attached hydrogen (secondary N) is 2. The molecule has 0 saturated heterocycles. The van der Waals surface area contributed by atoms with Crippen molar-refractivity contribution in [1.82, 2.24) is 0 Å². The fourth-order valence-corrected chi connectivity index (χ4v) is 2.68. The number of amides is 1. The zero-order valence-corrected chi connectivity index (χ0v) is 11.9. The number of hydrogen-bond donors (Lipinski definition) is 2. The summed E-state index contributed by atoms with van der Waals surface area (Å²) in [7, 11) is 0. The van der Waals surface area contributed by atoms with Crippen molar-refractivity contribution in [3.8, 4) is 0 Å². The number of carbonyl (C=O) groups excluding carboxylic acids is 1. The Kier molecular flexibility index (Phi) is 3.60. The minimum Gasteiger partial charge on any atom is -0.385 e. The lowest BCUT2D eigenvalue weighted by Crippen LogP contribution is -2.19. The third-order valence-electron chi connectivity index (χ3n) is 3.78. The zero-order valence-electron chi connectivity index (χ0n) is 11.9. The van der Waals surface area contributed by atoms with Crippen molar-refractivity contribution >= 4 is 17.3 Å². The van der Waals surface area contributed by atoms with Crippen molar-refractivity contribution in [3.05, 3.63) is 58.9 Å². The normalized spacial score (nSPS) is 13.2. The fourth-order valence-electron chi connectivity index (χ4n) is 2.68. The molecule has 0 aliphatic carbocycles. The molecule has 0 fully saturated rings. The van der Waals surface area contributed by atoms with Gasteiger partial charge >= 0.3 is 0 Å². The Morgan fingerprint density at radius 1 is 1.29 bits per heavy atom. The van der Waals surface area contributed by atoms with Gasteiger partial charge < -0.3 is 10.6 Å². The molecule has 0 atom stereocenters. The monoisotopic (exact) mass is 284 g/mol. The van der Waals surface area contributed by atoms with E-state index >= 15 is 0 Å².